The molecule has 18 heavy (non-hydrogen) atoms. The first-order valence-corrected chi connectivity index (χ1v) is 5.79. The van der Waals surface area contributed by atoms with E-state index in [1.807, 2.05) is 6.07 Å². The molecule has 2 rings (SSSR count). The van der Waals surface area contributed by atoms with Gasteiger partial charge >= 0.3 is 0 Å². The lowest BCUT2D eigenvalue weighted by atomic mass is 10.2. The van der Waals surface area contributed by atoms with Crippen LogP contribution in [0.5, 0.6) is 5.88 Å². The predicted molar refractivity (Wildman–Crippen MR) is 65.5 cm³/mol. The van der Waals surface area contributed by atoms with Gasteiger partial charge in [0.2, 0.25) is 0 Å². The Labute approximate surface area is 105 Å². The minimum Gasteiger partial charge on any atom is -0.382 e. The Balaban J connectivity index is 2.06. The van der Waals surface area contributed by atoms with Gasteiger partial charge in [-0.1, -0.05) is 19.3 Å². The standard InChI is InChI=1S/C13H13N3O2/c1-2-3-4-5-9-17-13-12(15-18-16-13)11-7-6-8-14-10-11/h6-8,10H,2-4H2,1H3. The summed E-state index contributed by atoms with van der Waals surface area (Å²) in [6, 6.07) is 3.66. The van der Waals surface area contributed by atoms with Crippen molar-refractivity contribution in [2.24, 2.45) is 0 Å². The van der Waals surface area contributed by atoms with E-state index in [9.17, 15) is 0 Å². The molecule has 0 aliphatic heterocycles. The third-order valence-corrected chi connectivity index (χ3v) is 2.27. The lowest BCUT2D eigenvalue weighted by molar-refractivity contribution is 0.293. The Hall–Kier alpha value is -2.35. The van der Waals surface area contributed by atoms with Crippen LogP contribution in [0.1, 0.15) is 26.2 Å². The molecule has 0 spiro atoms. The van der Waals surface area contributed by atoms with Crippen LogP contribution in [0, 0.1) is 12.0 Å². The zero-order valence-corrected chi connectivity index (χ0v) is 10.1. The third-order valence-electron chi connectivity index (χ3n) is 2.27. The van der Waals surface area contributed by atoms with Crippen LogP contribution < -0.4 is 4.74 Å². The first-order valence-electron chi connectivity index (χ1n) is 5.79. The lowest BCUT2D eigenvalue weighted by Gasteiger charge is -1.95. The second-order valence-electron chi connectivity index (χ2n) is 3.64. The highest BCUT2D eigenvalue weighted by Crippen LogP contribution is 2.24. The van der Waals surface area contributed by atoms with Gasteiger partial charge in [0.25, 0.3) is 5.88 Å². The second kappa shape index (κ2) is 6.40. The summed E-state index contributed by atoms with van der Waals surface area (Å²) in [6.45, 7) is 2.12. The van der Waals surface area contributed by atoms with Crippen LogP contribution in [0.2, 0.25) is 0 Å². The van der Waals surface area contributed by atoms with E-state index in [2.05, 4.69) is 38.9 Å². The largest absolute Gasteiger partial charge is 0.382 e. The first kappa shape index (κ1) is 12.1. The van der Waals surface area contributed by atoms with E-state index in [4.69, 9.17) is 4.74 Å². The number of hydrogen-bond acceptors (Lipinski definition) is 5. The van der Waals surface area contributed by atoms with E-state index in [1.54, 1.807) is 18.5 Å². The number of nitrogens with zero attached hydrogens (tertiary/aromatic N) is 3. The molecule has 2 aromatic rings. The summed E-state index contributed by atoms with van der Waals surface area (Å²) in [4.78, 5) is 4.00. The summed E-state index contributed by atoms with van der Waals surface area (Å²) in [5.74, 6) is 3.18. The average Bonchev–Trinajstić information content (AvgIpc) is 2.88. The number of hydrogen-bond donors (Lipinski definition) is 0. The van der Waals surface area contributed by atoms with Crippen LogP contribution in [0.25, 0.3) is 11.3 Å². The Morgan fingerprint density at radius 3 is 3.11 bits per heavy atom. The predicted octanol–water partition coefficient (Wildman–Crippen LogP) is 2.66. The van der Waals surface area contributed by atoms with E-state index in [0.717, 1.165) is 24.8 Å². The summed E-state index contributed by atoms with van der Waals surface area (Å²) < 4.78 is 9.88. The van der Waals surface area contributed by atoms with Gasteiger partial charge in [0.05, 0.1) is 0 Å². The third kappa shape index (κ3) is 3.08. The van der Waals surface area contributed by atoms with Gasteiger partial charge in [0, 0.05) is 24.4 Å². The molecule has 0 unspecified atom stereocenters. The zero-order valence-electron chi connectivity index (χ0n) is 10.1. The molecule has 0 aromatic carbocycles. The molecule has 0 atom stereocenters. The smallest absolute Gasteiger partial charge is 0.299 e. The number of unbranched alkanes of at least 4 members (excludes halogenated alkanes) is 2. The fourth-order valence-electron chi connectivity index (χ4n) is 1.33. The van der Waals surface area contributed by atoms with Crippen LogP contribution in [0.4, 0.5) is 0 Å². The normalized spacial score (nSPS) is 9.61. The maximum Gasteiger partial charge on any atom is 0.299 e. The molecule has 0 saturated carbocycles. The lowest BCUT2D eigenvalue weighted by Crippen LogP contribution is -1.87. The van der Waals surface area contributed by atoms with Crippen LogP contribution in [-0.2, 0) is 0 Å². The SMILES string of the molecule is CCCCC#COc1nonc1-c1cccnc1. The van der Waals surface area contributed by atoms with Crippen molar-refractivity contribution < 1.29 is 9.37 Å². The van der Waals surface area contributed by atoms with Crippen molar-refractivity contribution in [1.29, 1.82) is 0 Å². The molecule has 5 nitrogen and oxygen atoms in total. The summed E-state index contributed by atoms with van der Waals surface area (Å²) in [6.07, 6.45) is 8.93. The molecule has 0 aliphatic carbocycles. The molecule has 2 aromatic heterocycles. The van der Waals surface area contributed by atoms with Gasteiger partial charge in [-0.2, -0.15) is 0 Å². The monoisotopic (exact) mass is 243 g/mol. The summed E-state index contributed by atoms with van der Waals surface area (Å²) in [5, 5.41) is 7.45. The molecule has 0 fully saturated rings. The van der Waals surface area contributed by atoms with E-state index >= 15 is 0 Å². The number of pyridine rings is 1. The van der Waals surface area contributed by atoms with Gasteiger partial charge in [-0.3, -0.25) is 4.98 Å². The minimum absolute atomic E-state index is 0.270. The van der Waals surface area contributed by atoms with Crippen LogP contribution in [-0.4, -0.2) is 15.3 Å². The van der Waals surface area contributed by atoms with E-state index in [1.165, 1.54) is 0 Å². The van der Waals surface area contributed by atoms with Gasteiger partial charge < -0.3 is 4.74 Å². The van der Waals surface area contributed by atoms with Crippen molar-refractivity contribution in [3.63, 3.8) is 0 Å². The topological polar surface area (TPSA) is 61.0 Å². The molecular formula is C13H13N3O2. The van der Waals surface area contributed by atoms with Crippen molar-refractivity contribution in [3.8, 4) is 29.2 Å². The van der Waals surface area contributed by atoms with Gasteiger partial charge in [-0.05, 0) is 28.9 Å². The molecule has 92 valence electrons. The molecule has 2 heterocycles. The molecule has 0 bridgehead atoms. The summed E-state index contributed by atoms with van der Waals surface area (Å²) >= 11 is 0. The highest BCUT2D eigenvalue weighted by atomic mass is 16.6. The van der Waals surface area contributed by atoms with Gasteiger partial charge in [-0.25, -0.2) is 4.63 Å². The number of ether oxygens (including phenoxy) is 1. The second-order valence-corrected chi connectivity index (χ2v) is 3.64. The van der Waals surface area contributed by atoms with Gasteiger partial charge in [0.1, 0.15) is 6.11 Å². The van der Waals surface area contributed by atoms with Crippen molar-refractivity contribution in [1.82, 2.24) is 15.3 Å². The summed E-state index contributed by atoms with van der Waals surface area (Å²) in [5.41, 5.74) is 1.29. The quantitative estimate of drug-likeness (QED) is 0.610. The van der Waals surface area contributed by atoms with E-state index < -0.39 is 0 Å². The molecule has 0 saturated heterocycles. The number of aromatic nitrogens is 3. The molecular weight excluding hydrogens is 230 g/mol. The fourth-order valence-corrected chi connectivity index (χ4v) is 1.33. The van der Waals surface area contributed by atoms with Crippen LogP contribution in [0.3, 0.4) is 0 Å². The van der Waals surface area contributed by atoms with Crippen molar-refractivity contribution in [2.45, 2.75) is 26.2 Å². The van der Waals surface area contributed by atoms with Gasteiger partial charge in [-0.15, -0.1) is 0 Å². The first-order chi connectivity index (χ1) is 8.92. The molecule has 0 aliphatic rings. The zero-order chi connectivity index (χ0) is 12.6. The molecule has 0 N–H and O–H groups in total. The van der Waals surface area contributed by atoms with Crippen molar-refractivity contribution >= 4 is 0 Å². The maximum absolute atomic E-state index is 5.22. The van der Waals surface area contributed by atoms with E-state index in [-0.39, 0.29) is 5.88 Å². The summed E-state index contributed by atoms with van der Waals surface area (Å²) in [7, 11) is 0. The maximum atomic E-state index is 5.22. The average molecular weight is 243 g/mol. The van der Waals surface area contributed by atoms with Crippen LogP contribution >= 0.6 is 0 Å². The highest BCUT2D eigenvalue weighted by molar-refractivity contribution is 5.62. The molecule has 0 amide bonds. The highest BCUT2D eigenvalue weighted by Gasteiger charge is 2.13. The van der Waals surface area contributed by atoms with Crippen molar-refractivity contribution in [3.05, 3.63) is 24.5 Å². The van der Waals surface area contributed by atoms with E-state index in [0.29, 0.717) is 5.69 Å². The Morgan fingerprint density at radius 2 is 2.33 bits per heavy atom. The minimum atomic E-state index is 0.270. The van der Waals surface area contributed by atoms with Crippen LogP contribution in [0.15, 0.2) is 29.2 Å². The molecule has 5 heteroatoms. The number of rotatable bonds is 4. The van der Waals surface area contributed by atoms with Gasteiger partial charge in [0.15, 0.2) is 5.69 Å². The molecule has 0 radical (unpaired) electrons. The fraction of sp³-hybridized carbons (Fsp3) is 0.308. The van der Waals surface area contributed by atoms with Crippen molar-refractivity contribution in [2.75, 3.05) is 0 Å². The Bertz CT molecular complexity index is 540. The Kier molecular flexibility index (Phi) is 4.31. The Morgan fingerprint density at radius 1 is 1.39 bits per heavy atom.